The highest BCUT2D eigenvalue weighted by Crippen LogP contribution is 2.44. The number of methoxy groups -OCH3 is 1. The number of ether oxygens (including phenoxy) is 2. The second kappa shape index (κ2) is 9.68. The molecule has 0 radical (unpaired) electrons. The van der Waals surface area contributed by atoms with Gasteiger partial charge in [-0.2, -0.15) is 4.31 Å². The van der Waals surface area contributed by atoms with Crippen LogP contribution in [0, 0.1) is 19.7 Å². The van der Waals surface area contributed by atoms with E-state index in [0.29, 0.717) is 5.56 Å². The largest absolute Gasteiger partial charge is 0.491 e. The van der Waals surface area contributed by atoms with Crippen LogP contribution in [-0.2, 0) is 14.8 Å². The first kappa shape index (κ1) is 25.9. The Hall–Kier alpha value is -3.22. The highest BCUT2D eigenvalue weighted by molar-refractivity contribution is 7.89. The van der Waals surface area contributed by atoms with Gasteiger partial charge in [0.1, 0.15) is 29.1 Å². The molecule has 10 nitrogen and oxygen atoms in total. The first-order valence-electron chi connectivity index (χ1n) is 10.8. The third kappa shape index (κ3) is 4.40. The van der Waals surface area contributed by atoms with Crippen molar-refractivity contribution in [3.63, 3.8) is 0 Å². The van der Waals surface area contributed by atoms with Crippen molar-refractivity contribution in [1.29, 1.82) is 0 Å². The molecule has 1 aliphatic heterocycles. The second-order valence-corrected chi connectivity index (χ2v) is 10.6. The Balaban J connectivity index is 1.97. The summed E-state index contributed by atoms with van der Waals surface area (Å²) in [7, 11) is -3.44. The lowest BCUT2D eigenvalue weighted by Crippen LogP contribution is -2.39. The fourth-order valence-electron chi connectivity index (χ4n) is 4.45. The monoisotopic (exact) mass is 539 g/mol. The molecule has 36 heavy (non-hydrogen) atoms. The van der Waals surface area contributed by atoms with Gasteiger partial charge < -0.3 is 13.9 Å². The van der Waals surface area contributed by atoms with Crippen molar-refractivity contribution < 1.29 is 31.5 Å². The van der Waals surface area contributed by atoms with E-state index in [1.165, 1.54) is 12.1 Å². The average Bonchev–Trinajstić information content (AvgIpc) is 3.20. The number of hydrogen-bond donors (Lipinski definition) is 1. The Kier molecular flexibility index (Phi) is 6.95. The van der Waals surface area contributed by atoms with Gasteiger partial charge in [-0.1, -0.05) is 24.6 Å². The minimum atomic E-state index is -4.54. The van der Waals surface area contributed by atoms with Crippen LogP contribution in [0.4, 0.5) is 4.39 Å². The molecule has 1 aromatic heterocycles. The number of fused-ring (bicyclic) bond motifs is 1. The molecule has 0 bridgehead atoms. The van der Waals surface area contributed by atoms with E-state index in [2.05, 4.69) is 10.2 Å². The van der Waals surface area contributed by atoms with E-state index in [4.69, 9.17) is 25.5 Å². The second-order valence-electron chi connectivity index (χ2n) is 8.32. The van der Waals surface area contributed by atoms with E-state index in [1.807, 2.05) is 0 Å². The number of H-pyrrole nitrogens is 1. The number of nitrogens with one attached hydrogen (secondary N) is 1. The first-order chi connectivity index (χ1) is 17.0. The van der Waals surface area contributed by atoms with Gasteiger partial charge in [0.25, 0.3) is 0 Å². The normalized spacial score (nSPS) is 16.9. The number of aromatic amines is 1. The van der Waals surface area contributed by atoms with Gasteiger partial charge in [-0.25, -0.2) is 27.5 Å². The summed E-state index contributed by atoms with van der Waals surface area (Å²) < 4.78 is 60.0. The summed E-state index contributed by atoms with van der Waals surface area (Å²) >= 11 is 6.11. The van der Waals surface area contributed by atoms with Crippen LogP contribution < -0.4 is 10.5 Å². The summed E-state index contributed by atoms with van der Waals surface area (Å²) in [5.41, 5.74) is 1.29. The Bertz CT molecular complexity index is 1500. The predicted molar refractivity (Wildman–Crippen MR) is 126 cm³/mol. The van der Waals surface area contributed by atoms with Crippen LogP contribution in [0.3, 0.4) is 0 Å². The summed E-state index contributed by atoms with van der Waals surface area (Å²) in [5.74, 6) is -3.69. The fraction of sp³-hybridized carbons (Fsp3) is 0.348. The Morgan fingerprint density at radius 3 is 2.67 bits per heavy atom. The van der Waals surface area contributed by atoms with Gasteiger partial charge in [0.15, 0.2) is 0 Å². The molecular weight excluding hydrogens is 517 g/mol. The van der Waals surface area contributed by atoms with E-state index < -0.39 is 44.4 Å². The van der Waals surface area contributed by atoms with E-state index in [-0.39, 0.29) is 40.9 Å². The minimum Gasteiger partial charge on any atom is -0.491 e. The van der Waals surface area contributed by atoms with Crippen LogP contribution in [0.15, 0.2) is 38.4 Å². The number of rotatable bonds is 5. The molecule has 0 fully saturated rings. The molecule has 2 heterocycles. The maximum atomic E-state index is 15.1. The molecule has 4 rings (SSSR count). The number of carbonyl (C=O) groups is 1. The smallest absolute Gasteiger partial charge is 0.434 e. The quantitative estimate of drug-likeness (QED) is 0.487. The number of esters is 1. The van der Waals surface area contributed by atoms with Gasteiger partial charge in [-0.3, -0.25) is 0 Å². The third-order valence-corrected chi connectivity index (χ3v) is 8.42. The molecule has 0 saturated carbocycles. The molecule has 3 aromatic rings. The van der Waals surface area contributed by atoms with E-state index in [0.717, 1.165) is 23.0 Å². The average molecular weight is 540 g/mol. The molecule has 192 valence electrons. The molecule has 0 saturated heterocycles. The minimum absolute atomic E-state index is 0.0680. The predicted octanol–water partition coefficient (Wildman–Crippen LogP) is 3.49. The van der Waals surface area contributed by atoms with Gasteiger partial charge >= 0.3 is 11.7 Å². The summed E-state index contributed by atoms with van der Waals surface area (Å²) in [6, 6.07) is 4.07. The van der Waals surface area contributed by atoms with Crippen molar-refractivity contribution in [2.45, 2.75) is 37.6 Å². The zero-order valence-electron chi connectivity index (χ0n) is 19.8. The molecular formula is C23H23ClFN3O7S. The zero-order valence-corrected chi connectivity index (χ0v) is 21.4. The van der Waals surface area contributed by atoms with Crippen LogP contribution in [0.1, 0.15) is 51.8 Å². The maximum Gasteiger partial charge on any atom is 0.434 e. The van der Waals surface area contributed by atoms with E-state index in [9.17, 15) is 18.0 Å². The molecule has 0 amide bonds. The van der Waals surface area contributed by atoms with Crippen molar-refractivity contribution in [3.8, 4) is 5.75 Å². The van der Waals surface area contributed by atoms with Gasteiger partial charge in [0.05, 0.1) is 12.7 Å². The van der Waals surface area contributed by atoms with Gasteiger partial charge in [0.2, 0.25) is 15.9 Å². The SMILES string of the molecule is COC(=O)c1cc(Cl)cc2c1S(=O)(=O)N([C@H](c1n[nH]c(=O)o1)C(C)c1c(F)ccc(C)c1C)CCO2. The van der Waals surface area contributed by atoms with E-state index >= 15 is 4.39 Å². The number of sulfonamides is 1. The van der Waals surface area contributed by atoms with Crippen molar-refractivity contribution in [1.82, 2.24) is 14.5 Å². The number of aromatic nitrogens is 2. The summed E-state index contributed by atoms with van der Waals surface area (Å²) in [6.45, 7) is 4.76. The highest BCUT2D eigenvalue weighted by atomic mass is 35.5. The van der Waals surface area contributed by atoms with Crippen molar-refractivity contribution in [3.05, 3.63) is 73.8 Å². The Labute approximate surface area is 211 Å². The van der Waals surface area contributed by atoms with Gasteiger partial charge in [0, 0.05) is 23.6 Å². The number of hydrogen-bond acceptors (Lipinski definition) is 8. The lowest BCUT2D eigenvalue weighted by Gasteiger charge is -2.32. The van der Waals surface area contributed by atoms with Crippen LogP contribution in [0.25, 0.3) is 0 Å². The topological polar surface area (TPSA) is 132 Å². The number of aryl methyl sites for hydroxylation is 1. The molecule has 2 aromatic carbocycles. The molecule has 1 aliphatic rings. The summed E-state index contributed by atoms with van der Waals surface area (Å²) in [6.07, 6.45) is 0. The number of halogens is 2. The molecule has 0 spiro atoms. The number of nitrogens with zero attached hydrogens (tertiary/aromatic N) is 2. The summed E-state index contributed by atoms with van der Waals surface area (Å²) in [5, 5.41) is 6.07. The van der Waals surface area contributed by atoms with Crippen molar-refractivity contribution in [2.75, 3.05) is 20.3 Å². The fourth-order valence-corrected chi connectivity index (χ4v) is 6.57. The van der Waals surface area contributed by atoms with Crippen molar-refractivity contribution >= 4 is 27.6 Å². The van der Waals surface area contributed by atoms with Crippen LogP contribution >= 0.6 is 11.6 Å². The third-order valence-electron chi connectivity index (χ3n) is 6.24. The molecule has 13 heteroatoms. The Morgan fingerprint density at radius 1 is 1.31 bits per heavy atom. The van der Waals surface area contributed by atoms with Crippen LogP contribution in [0.2, 0.25) is 5.02 Å². The Morgan fingerprint density at radius 2 is 2.03 bits per heavy atom. The lowest BCUT2D eigenvalue weighted by molar-refractivity contribution is 0.0595. The van der Waals surface area contributed by atoms with Crippen molar-refractivity contribution in [2.24, 2.45) is 0 Å². The molecule has 2 atom stereocenters. The number of benzene rings is 2. The standard InChI is InChI=1S/C23H23ClFN3O7S/c1-11-5-6-16(25)18(12(11)2)13(3)19(21-26-27-23(30)35-21)28-7-8-34-17-10-14(24)9-15(22(29)33-4)20(17)36(28,31)32/h5-6,9-10,13,19H,7-8H2,1-4H3,(H,27,30)/t13?,19-/m0/s1. The van der Waals surface area contributed by atoms with E-state index in [1.54, 1.807) is 26.8 Å². The van der Waals surface area contributed by atoms with Gasteiger partial charge in [-0.05, 0) is 42.7 Å². The summed E-state index contributed by atoms with van der Waals surface area (Å²) in [4.78, 5) is 23.9. The number of carbonyl (C=O) groups excluding carboxylic acids is 1. The molecule has 1 unspecified atom stereocenters. The zero-order chi connectivity index (χ0) is 26.4. The van der Waals surface area contributed by atoms with Crippen LogP contribution in [0.5, 0.6) is 5.75 Å². The maximum absolute atomic E-state index is 15.1. The highest BCUT2D eigenvalue weighted by Gasteiger charge is 2.44. The van der Waals surface area contributed by atoms with Gasteiger partial charge in [-0.15, -0.1) is 5.10 Å². The molecule has 0 aliphatic carbocycles. The van der Waals surface area contributed by atoms with Crippen LogP contribution in [-0.4, -0.2) is 49.2 Å². The lowest BCUT2D eigenvalue weighted by atomic mass is 9.87. The molecule has 1 N–H and O–H groups in total. The first-order valence-corrected chi connectivity index (χ1v) is 12.7.